The molecule has 25 heavy (non-hydrogen) atoms. The number of aromatic nitrogens is 1. The second-order valence-corrected chi connectivity index (χ2v) is 8.45. The van der Waals surface area contributed by atoms with Crippen LogP contribution in [0.4, 0.5) is 0 Å². The lowest BCUT2D eigenvalue weighted by atomic mass is 9.96. The summed E-state index contributed by atoms with van der Waals surface area (Å²) in [4.78, 5) is 11.8. The van der Waals surface area contributed by atoms with Gasteiger partial charge in [0.15, 0.2) is 16.7 Å². The van der Waals surface area contributed by atoms with E-state index in [1.165, 1.54) is 0 Å². The van der Waals surface area contributed by atoms with E-state index in [0.29, 0.717) is 15.5 Å². The summed E-state index contributed by atoms with van der Waals surface area (Å²) in [6, 6.07) is 9.73. The van der Waals surface area contributed by atoms with Crippen LogP contribution < -0.4 is 4.74 Å². The monoisotopic (exact) mass is 419 g/mol. The van der Waals surface area contributed by atoms with Crippen molar-refractivity contribution < 1.29 is 9.84 Å². The van der Waals surface area contributed by atoms with Gasteiger partial charge in [0, 0.05) is 18.0 Å². The summed E-state index contributed by atoms with van der Waals surface area (Å²) in [5, 5.41) is 11.7. The Morgan fingerprint density at radius 3 is 2.92 bits per heavy atom. The van der Waals surface area contributed by atoms with Gasteiger partial charge in [0.05, 0.1) is 23.3 Å². The Balaban J connectivity index is 1.81. The van der Waals surface area contributed by atoms with Crippen LogP contribution in [-0.2, 0) is 0 Å². The maximum atomic E-state index is 10.1. The van der Waals surface area contributed by atoms with E-state index in [2.05, 4.69) is 32.7 Å². The van der Waals surface area contributed by atoms with E-state index in [-0.39, 0.29) is 17.8 Å². The lowest BCUT2D eigenvalue weighted by molar-refractivity contribution is 0.318. The highest BCUT2D eigenvalue weighted by molar-refractivity contribution is 9.10. The number of rotatable bonds is 3. The van der Waals surface area contributed by atoms with Gasteiger partial charge in [0.2, 0.25) is 0 Å². The van der Waals surface area contributed by atoms with Gasteiger partial charge in [-0.3, -0.25) is 9.98 Å². The van der Waals surface area contributed by atoms with E-state index in [1.54, 1.807) is 25.1 Å². The zero-order valence-corrected chi connectivity index (χ0v) is 16.3. The molecule has 0 unspecified atom stereocenters. The third-order valence-electron chi connectivity index (χ3n) is 4.49. The van der Waals surface area contributed by atoms with E-state index in [9.17, 15) is 5.11 Å². The number of nitrogens with zero attached hydrogens (tertiary/aromatic N) is 3. The third-order valence-corrected chi connectivity index (χ3v) is 6.20. The van der Waals surface area contributed by atoms with Gasteiger partial charge < -0.3 is 14.7 Å². The molecule has 7 heteroatoms. The van der Waals surface area contributed by atoms with Gasteiger partial charge in [-0.25, -0.2) is 0 Å². The van der Waals surface area contributed by atoms with Gasteiger partial charge in [0.1, 0.15) is 6.04 Å². The molecule has 0 radical (unpaired) electrons. The summed E-state index contributed by atoms with van der Waals surface area (Å²) >= 11 is 5.24. The Hall–Kier alpha value is -1.73. The number of ether oxygens (including phenoxy) is 1. The van der Waals surface area contributed by atoms with Crippen LogP contribution in [0.15, 0.2) is 46.0 Å². The van der Waals surface area contributed by atoms with E-state index in [4.69, 9.17) is 9.73 Å². The highest BCUT2D eigenvalue weighted by atomic mass is 79.9. The lowest BCUT2D eigenvalue weighted by Gasteiger charge is -2.28. The van der Waals surface area contributed by atoms with E-state index < -0.39 is 0 Å². The Morgan fingerprint density at radius 2 is 2.20 bits per heavy atom. The lowest BCUT2D eigenvalue weighted by Crippen LogP contribution is -2.28. The van der Waals surface area contributed by atoms with Gasteiger partial charge in [-0.1, -0.05) is 24.8 Å². The summed E-state index contributed by atoms with van der Waals surface area (Å²) in [5.41, 5.74) is 2.00. The molecule has 0 saturated carbocycles. The van der Waals surface area contributed by atoms with Crippen LogP contribution >= 0.6 is 27.7 Å². The molecule has 1 aromatic carbocycles. The number of fused-ring (bicyclic) bond motifs is 1. The van der Waals surface area contributed by atoms with Gasteiger partial charge in [-0.05, 0) is 45.8 Å². The SMILES string of the molecule is COc1cc([C@@H]2[C@H](c3ccccn3)N=C3S[C@@H](C)CN32)cc(Br)c1O. The van der Waals surface area contributed by atoms with Crippen molar-refractivity contribution in [3.8, 4) is 11.5 Å². The first-order valence-electron chi connectivity index (χ1n) is 8.07. The zero-order valence-electron chi connectivity index (χ0n) is 13.9. The third kappa shape index (κ3) is 2.89. The number of pyridine rings is 1. The molecule has 5 nitrogen and oxygen atoms in total. The Labute approximate surface area is 159 Å². The van der Waals surface area contributed by atoms with Crippen LogP contribution in [-0.4, -0.2) is 39.1 Å². The number of thioether (sulfide) groups is 1. The Morgan fingerprint density at radius 1 is 1.36 bits per heavy atom. The molecule has 2 aromatic rings. The summed E-state index contributed by atoms with van der Waals surface area (Å²) in [7, 11) is 1.56. The fraction of sp³-hybridized carbons (Fsp3) is 0.333. The molecule has 0 spiro atoms. The quantitative estimate of drug-likeness (QED) is 0.809. The molecule has 2 aliphatic rings. The second kappa shape index (κ2) is 6.53. The predicted octanol–water partition coefficient (Wildman–Crippen LogP) is 4.15. The molecule has 1 saturated heterocycles. The Kier molecular flexibility index (Phi) is 4.37. The summed E-state index contributed by atoms with van der Waals surface area (Å²) in [6.45, 7) is 3.16. The van der Waals surface area contributed by atoms with Crippen molar-refractivity contribution in [3.63, 3.8) is 0 Å². The minimum atomic E-state index is -0.0719. The largest absolute Gasteiger partial charge is 0.503 e. The van der Waals surface area contributed by atoms with Crippen LogP contribution in [0.25, 0.3) is 0 Å². The zero-order chi connectivity index (χ0) is 17.6. The van der Waals surface area contributed by atoms with Crippen LogP contribution in [0, 0.1) is 0 Å². The van der Waals surface area contributed by atoms with E-state index in [0.717, 1.165) is 23.0 Å². The second-order valence-electron chi connectivity index (χ2n) is 6.19. The molecule has 2 aliphatic heterocycles. The van der Waals surface area contributed by atoms with E-state index >= 15 is 0 Å². The number of aliphatic imine (C=N–C) groups is 1. The maximum absolute atomic E-state index is 10.1. The smallest absolute Gasteiger partial charge is 0.172 e. The summed E-state index contributed by atoms with van der Waals surface area (Å²) in [5.74, 6) is 0.571. The maximum Gasteiger partial charge on any atom is 0.172 e. The highest BCUT2D eigenvalue weighted by Gasteiger charge is 2.43. The van der Waals surface area contributed by atoms with Gasteiger partial charge in [-0.15, -0.1) is 0 Å². The first-order chi connectivity index (χ1) is 12.1. The van der Waals surface area contributed by atoms with Crippen molar-refractivity contribution in [1.29, 1.82) is 0 Å². The summed E-state index contributed by atoms with van der Waals surface area (Å²) in [6.07, 6.45) is 1.80. The van der Waals surface area contributed by atoms with Gasteiger partial charge >= 0.3 is 0 Å². The van der Waals surface area contributed by atoms with Gasteiger partial charge in [-0.2, -0.15) is 0 Å². The van der Waals surface area contributed by atoms with Gasteiger partial charge in [0.25, 0.3) is 0 Å². The topological polar surface area (TPSA) is 58.0 Å². The number of phenolic OH excluding ortho intramolecular Hbond substituents is 1. The minimum Gasteiger partial charge on any atom is -0.503 e. The average Bonchev–Trinajstić information content (AvgIpc) is 3.14. The first kappa shape index (κ1) is 16.7. The molecule has 3 atom stereocenters. The molecule has 0 amide bonds. The molecule has 3 heterocycles. The fourth-order valence-electron chi connectivity index (χ4n) is 3.40. The van der Waals surface area contributed by atoms with Crippen molar-refractivity contribution >= 4 is 32.9 Å². The fourth-order valence-corrected chi connectivity index (χ4v) is 4.95. The van der Waals surface area contributed by atoms with Crippen molar-refractivity contribution in [3.05, 3.63) is 52.3 Å². The number of benzene rings is 1. The molecular formula is C18H18BrN3O2S. The number of amidine groups is 1. The predicted molar refractivity (Wildman–Crippen MR) is 103 cm³/mol. The van der Waals surface area contributed by atoms with Crippen molar-refractivity contribution in [2.24, 2.45) is 4.99 Å². The number of aromatic hydroxyl groups is 1. The average molecular weight is 420 g/mol. The number of hydrogen-bond acceptors (Lipinski definition) is 6. The van der Waals surface area contributed by atoms with Crippen molar-refractivity contribution in [1.82, 2.24) is 9.88 Å². The molecule has 130 valence electrons. The summed E-state index contributed by atoms with van der Waals surface area (Å²) < 4.78 is 5.96. The van der Waals surface area contributed by atoms with Crippen LogP contribution in [0.2, 0.25) is 0 Å². The number of methoxy groups -OCH3 is 1. The number of hydrogen-bond donors (Lipinski definition) is 1. The van der Waals surface area contributed by atoms with Crippen LogP contribution in [0.1, 0.15) is 30.3 Å². The molecule has 1 fully saturated rings. The highest BCUT2D eigenvalue weighted by Crippen LogP contribution is 2.49. The Bertz CT molecular complexity index is 831. The molecule has 4 rings (SSSR count). The van der Waals surface area contributed by atoms with Crippen molar-refractivity contribution in [2.45, 2.75) is 24.3 Å². The van der Waals surface area contributed by atoms with Crippen molar-refractivity contribution in [2.75, 3.05) is 13.7 Å². The number of halogens is 1. The molecule has 1 N–H and O–H groups in total. The van der Waals surface area contributed by atoms with Crippen LogP contribution in [0.5, 0.6) is 11.5 Å². The van der Waals surface area contributed by atoms with Crippen LogP contribution in [0.3, 0.4) is 0 Å². The minimum absolute atomic E-state index is 0.0353. The molecule has 0 bridgehead atoms. The standard InChI is InChI=1S/C18H18BrN3O2S/c1-10-9-22-16(11-7-12(19)17(23)14(8-11)24-2)15(21-18(22)25-10)13-5-3-4-6-20-13/h3-8,10,15-16,23H,9H2,1-2H3/t10-,15-,16+/m0/s1. The molecular weight excluding hydrogens is 402 g/mol. The first-order valence-corrected chi connectivity index (χ1v) is 9.74. The van der Waals surface area contributed by atoms with E-state index in [1.807, 2.05) is 30.3 Å². The number of phenols is 1. The molecule has 1 aromatic heterocycles. The normalized spacial score (nSPS) is 25.0. The molecule has 0 aliphatic carbocycles.